The van der Waals surface area contributed by atoms with Gasteiger partial charge in [0.05, 0.1) is 12.1 Å². The summed E-state index contributed by atoms with van der Waals surface area (Å²) in [7, 11) is 0. The van der Waals surface area contributed by atoms with Crippen LogP contribution in [0.5, 0.6) is 0 Å². The third-order valence-electron chi connectivity index (χ3n) is 3.71. The Kier molecular flexibility index (Phi) is 3.96. The van der Waals surface area contributed by atoms with E-state index in [0.717, 1.165) is 49.5 Å². The van der Waals surface area contributed by atoms with E-state index in [1.165, 1.54) is 0 Å². The molecule has 110 valence electrons. The van der Waals surface area contributed by atoms with Gasteiger partial charge in [-0.1, -0.05) is 18.2 Å². The molecule has 0 spiro atoms. The molecule has 0 aliphatic carbocycles. The van der Waals surface area contributed by atoms with Crippen LogP contribution in [0.1, 0.15) is 6.42 Å². The molecule has 0 saturated carbocycles. The quantitative estimate of drug-likeness (QED) is 0.915. The van der Waals surface area contributed by atoms with Gasteiger partial charge in [-0.05, 0) is 12.5 Å². The van der Waals surface area contributed by atoms with Crippen molar-refractivity contribution in [3.63, 3.8) is 0 Å². The fourth-order valence-corrected chi connectivity index (χ4v) is 2.64. The minimum Gasteiger partial charge on any atom is -0.480 e. The van der Waals surface area contributed by atoms with Crippen LogP contribution in [-0.4, -0.2) is 58.7 Å². The zero-order valence-electron chi connectivity index (χ0n) is 11.8. The van der Waals surface area contributed by atoms with Crippen LogP contribution in [-0.2, 0) is 4.79 Å². The van der Waals surface area contributed by atoms with Crippen molar-refractivity contribution < 1.29 is 9.90 Å². The lowest BCUT2D eigenvalue weighted by Crippen LogP contribution is -2.34. The summed E-state index contributed by atoms with van der Waals surface area (Å²) in [5, 5.41) is 9.91. The Balaban J connectivity index is 1.74. The molecule has 3 rings (SSSR count). The minimum atomic E-state index is -0.773. The molecular weight excluding hydrogens is 268 g/mol. The van der Waals surface area contributed by atoms with E-state index in [2.05, 4.69) is 14.9 Å². The first-order valence-corrected chi connectivity index (χ1v) is 7.13. The number of nitrogens with zero attached hydrogens (tertiary/aromatic N) is 4. The van der Waals surface area contributed by atoms with Crippen LogP contribution in [0.25, 0.3) is 10.9 Å². The van der Waals surface area contributed by atoms with Gasteiger partial charge in [-0.3, -0.25) is 9.69 Å². The van der Waals surface area contributed by atoms with Crippen molar-refractivity contribution in [3.05, 3.63) is 30.5 Å². The Hall–Kier alpha value is -2.21. The lowest BCUT2D eigenvalue weighted by atomic mass is 10.2. The third kappa shape index (κ3) is 3.28. The number of benzene rings is 1. The monoisotopic (exact) mass is 286 g/mol. The maximum Gasteiger partial charge on any atom is 0.317 e. The number of rotatable bonds is 3. The first-order valence-electron chi connectivity index (χ1n) is 7.13. The molecule has 6 heteroatoms. The van der Waals surface area contributed by atoms with Crippen LogP contribution < -0.4 is 4.90 Å². The highest BCUT2D eigenvalue weighted by Gasteiger charge is 2.18. The molecule has 0 atom stereocenters. The highest BCUT2D eigenvalue weighted by atomic mass is 16.4. The predicted octanol–water partition coefficient (Wildman–Crippen LogP) is 1.23. The first-order chi connectivity index (χ1) is 10.2. The van der Waals surface area contributed by atoms with E-state index in [1.807, 2.05) is 35.4 Å². The summed E-state index contributed by atoms with van der Waals surface area (Å²) in [6.45, 7) is 3.24. The molecule has 1 saturated heterocycles. The normalized spacial score (nSPS) is 16.9. The van der Waals surface area contributed by atoms with Crippen LogP contribution in [0.15, 0.2) is 30.5 Å². The van der Waals surface area contributed by atoms with Crippen LogP contribution in [0.4, 0.5) is 5.95 Å². The molecule has 0 radical (unpaired) electrons. The van der Waals surface area contributed by atoms with E-state index in [-0.39, 0.29) is 6.54 Å². The number of carboxylic acid groups (broad SMARTS) is 1. The standard InChI is InChI=1S/C15H18N4O2/c20-14(21)11-18-6-3-7-19(9-8-18)15-16-10-12-4-1-2-5-13(12)17-15/h1-2,4-5,10H,3,6-9,11H2,(H,20,21). The van der Waals surface area contributed by atoms with E-state index >= 15 is 0 Å². The fourth-order valence-electron chi connectivity index (χ4n) is 2.64. The largest absolute Gasteiger partial charge is 0.480 e. The van der Waals surface area contributed by atoms with Crippen molar-refractivity contribution in [1.29, 1.82) is 0 Å². The van der Waals surface area contributed by atoms with Gasteiger partial charge in [0.15, 0.2) is 0 Å². The molecule has 1 N–H and O–H groups in total. The first kappa shape index (κ1) is 13.8. The number of aliphatic carboxylic acids is 1. The highest BCUT2D eigenvalue weighted by molar-refractivity contribution is 5.78. The van der Waals surface area contributed by atoms with Gasteiger partial charge in [0.2, 0.25) is 5.95 Å². The van der Waals surface area contributed by atoms with Gasteiger partial charge in [-0.25, -0.2) is 9.97 Å². The lowest BCUT2D eigenvalue weighted by molar-refractivity contribution is -0.138. The lowest BCUT2D eigenvalue weighted by Gasteiger charge is -2.21. The Morgan fingerprint density at radius 3 is 2.90 bits per heavy atom. The highest BCUT2D eigenvalue weighted by Crippen LogP contribution is 2.16. The van der Waals surface area contributed by atoms with E-state index in [9.17, 15) is 4.79 Å². The Labute approximate surface area is 123 Å². The molecule has 0 amide bonds. The number of fused-ring (bicyclic) bond motifs is 1. The summed E-state index contributed by atoms with van der Waals surface area (Å²) < 4.78 is 0. The zero-order chi connectivity index (χ0) is 14.7. The summed E-state index contributed by atoms with van der Waals surface area (Å²) in [5.41, 5.74) is 0.939. The van der Waals surface area contributed by atoms with Gasteiger partial charge in [-0.15, -0.1) is 0 Å². The van der Waals surface area contributed by atoms with Gasteiger partial charge in [-0.2, -0.15) is 0 Å². The number of carboxylic acids is 1. The van der Waals surface area contributed by atoms with Crippen molar-refractivity contribution in [2.75, 3.05) is 37.6 Å². The molecule has 1 aromatic heterocycles. The Morgan fingerprint density at radius 2 is 2.05 bits per heavy atom. The van der Waals surface area contributed by atoms with Crippen LogP contribution in [0, 0.1) is 0 Å². The van der Waals surface area contributed by atoms with Gasteiger partial charge in [0.1, 0.15) is 0 Å². The van der Waals surface area contributed by atoms with Crippen molar-refractivity contribution in [2.45, 2.75) is 6.42 Å². The maximum atomic E-state index is 10.8. The van der Waals surface area contributed by atoms with Crippen LogP contribution in [0.2, 0.25) is 0 Å². The molecule has 1 aliphatic rings. The third-order valence-corrected chi connectivity index (χ3v) is 3.71. The van der Waals surface area contributed by atoms with Crippen LogP contribution >= 0.6 is 0 Å². The molecular formula is C15H18N4O2. The number of carbonyl (C=O) groups is 1. The van der Waals surface area contributed by atoms with E-state index in [4.69, 9.17) is 5.11 Å². The molecule has 1 aromatic carbocycles. The van der Waals surface area contributed by atoms with E-state index in [1.54, 1.807) is 0 Å². The second-order valence-corrected chi connectivity index (χ2v) is 5.24. The van der Waals surface area contributed by atoms with E-state index in [0.29, 0.717) is 0 Å². The number of aromatic nitrogens is 2. The van der Waals surface area contributed by atoms with Crippen molar-refractivity contribution in [3.8, 4) is 0 Å². The zero-order valence-corrected chi connectivity index (χ0v) is 11.8. The number of para-hydroxylation sites is 1. The summed E-state index contributed by atoms with van der Waals surface area (Å²) in [5.74, 6) is -0.0451. The molecule has 1 fully saturated rings. The molecule has 0 unspecified atom stereocenters. The van der Waals surface area contributed by atoms with Gasteiger partial charge >= 0.3 is 5.97 Å². The average molecular weight is 286 g/mol. The second-order valence-electron chi connectivity index (χ2n) is 5.24. The number of hydrogen-bond donors (Lipinski definition) is 1. The molecule has 21 heavy (non-hydrogen) atoms. The van der Waals surface area contributed by atoms with Crippen molar-refractivity contribution >= 4 is 22.8 Å². The topological polar surface area (TPSA) is 69.6 Å². The number of anilines is 1. The summed E-state index contributed by atoms with van der Waals surface area (Å²) in [6.07, 6.45) is 2.76. The Morgan fingerprint density at radius 1 is 1.19 bits per heavy atom. The van der Waals surface area contributed by atoms with Crippen molar-refractivity contribution in [1.82, 2.24) is 14.9 Å². The SMILES string of the molecule is O=C(O)CN1CCCN(c2ncc3ccccc3n2)CC1. The average Bonchev–Trinajstić information content (AvgIpc) is 2.72. The summed E-state index contributed by atoms with van der Waals surface area (Å²) in [4.78, 5) is 23.9. The number of hydrogen-bond acceptors (Lipinski definition) is 5. The second kappa shape index (κ2) is 6.05. The minimum absolute atomic E-state index is 0.104. The van der Waals surface area contributed by atoms with Crippen molar-refractivity contribution in [2.24, 2.45) is 0 Å². The fraction of sp³-hybridized carbons (Fsp3) is 0.400. The van der Waals surface area contributed by atoms with E-state index < -0.39 is 5.97 Å². The summed E-state index contributed by atoms with van der Waals surface area (Å²) >= 11 is 0. The van der Waals surface area contributed by atoms with Gasteiger partial charge in [0, 0.05) is 37.8 Å². The maximum absolute atomic E-state index is 10.8. The molecule has 6 nitrogen and oxygen atoms in total. The van der Waals surface area contributed by atoms with Crippen LogP contribution in [0.3, 0.4) is 0 Å². The molecule has 2 aromatic rings. The molecule has 1 aliphatic heterocycles. The summed E-state index contributed by atoms with van der Waals surface area (Å²) in [6, 6.07) is 7.92. The van der Waals surface area contributed by atoms with Gasteiger partial charge in [0.25, 0.3) is 0 Å². The predicted molar refractivity (Wildman–Crippen MR) is 80.4 cm³/mol. The smallest absolute Gasteiger partial charge is 0.317 e. The Bertz CT molecular complexity index is 646. The molecule has 0 bridgehead atoms. The molecule has 2 heterocycles. The van der Waals surface area contributed by atoms with Gasteiger partial charge < -0.3 is 10.0 Å².